The number of hydrogen-bond acceptors (Lipinski definition) is 3. The predicted octanol–water partition coefficient (Wildman–Crippen LogP) is 4.51. The Morgan fingerprint density at radius 1 is 0.844 bits per heavy atom. The fourth-order valence-electron chi connectivity index (χ4n) is 5.05. The van der Waals surface area contributed by atoms with Crippen molar-refractivity contribution in [3.63, 3.8) is 0 Å². The van der Waals surface area contributed by atoms with Crippen LogP contribution in [0, 0.1) is 0 Å². The molecule has 5 nitrogen and oxygen atoms in total. The first kappa shape index (κ1) is 19.3. The number of nitrogens with zero attached hydrogens (tertiary/aromatic N) is 3. The Kier molecular flexibility index (Phi) is 4.40. The molecule has 2 aromatic heterocycles. The molecule has 0 aliphatic carbocycles. The van der Waals surface area contributed by atoms with Gasteiger partial charge in [-0.05, 0) is 59.8 Å². The lowest BCUT2D eigenvalue weighted by Gasteiger charge is -2.25. The molecule has 2 aliphatic heterocycles. The van der Waals surface area contributed by atoms with Crippen molar-refractivity contribution >= 4 is 16.9 Å². The van der Waals surface area contributed by atoms with E-state index in [2.05, 4.69) is 53.3 Å². The van der Waals surface area contributed by atoms with Gasteiger partial charge >= 0.3 is 0 Å². The van der Waals surface area contributed by atoms with Gasteiger partial charge in [-0.2, -0.15) is 0 Å². The SMILES string of the molecule is CN1CCc2cc(-c3cnc4[nH]cc(-c5ccc6c(c5)CCN(C)C6=O)c4c3)ccc2C1. The molecule has 1 N–H and O–H groups in total. The average molecular weight is 423 g/mol. The lowest BCUT2D eigenvalue weighted by molar-refractivity contribution is 0.0781. The maximum atomic E-state index is 12.5. The number of carbonyl (C=O) groups excluding carboxylic acids is 1. The first-order chi connectivity index (χ1) is 15.6. The minimum Gasteiger partial charge on any atom is -0.346 e. The Morgan fingerprint density at radius 2 is 1.66 bits per heavy atom. The van der Waals surface area contributed by atoms with Gasteiger partial charge in [0, 0.05) is 61.2 Å². The van der Waals surface area contributed by atoms with E-state index in [0.29, 0.717) is 0 Å². The molecule has 0 bridgehead atoms. The number of aromatic nitrogens is 2. The number of carbonyl (C=O) groups is 1. The molecule has 0 radical (unpaired) electrons. The summed E-state index contributed by atoms with van der Waals surface area (Å²) in [4.78, 5) is 24.7. The minimum absolute atomic E-state index is 0.110. The van der Waals surface area contributed by atoms with Gasteiger partial charge in [-0.15, -0.1) is 0 Å². The lowest BCUT2D eigenvalue weighted by Crippen LogP contribution is -2.34. The van der Waals surface area contributed by atoms with Crippen molar-refractivity contribution in [1.29, 1.82) is 0 Å². The Bertz CT molecular complexity index is 1370. The van der Waals surface area contributed by atoms with Gasteiger partial charge in [0.15, 0.2) is 0 Å². The Balaban J connectivity index is 1.41. The van der Waals surface area contributed by atoms with Crippen LogP contribution >= 0.6 is 0 Å². The second kappa shape index (κ2) is 7.31. The van der Waals surface area contributed by atoms with Crippen LogP contribution in [0.5, 0.6) is 0 Å². The van der Waals surface area contributed by atoms with Crippen LogP contribution in [0.25, 0.3) is 33.3 Å². The van der Waals surface area contributed by atoms with E-state index in [0.717, 1.165) is 71.3 Å². The molecular weight excluding hydrogens is 396 g/mol. The highest BCUT2D eigenvalue weighted by Gasteiger charge is 2.22. The van der Waals surface area contributed by atoms with Crippen molar-refractivity contribution < 1.29 is 4.79 Å². The number of likely N-dealkylation sites (N-methyl/N-ethyl adjacent to an activating group) is 2. The number of aromatic amines is 1. The average Bonchev–Trinajstić information content (AvgIpc) is 3.24. The highest BCUT2D eigenvalue weighted by molar-refractivity contribution is 5.99. The molecule has 4 aromatic rings. The fourth-order valence-corrected chi connectivity index (χ4v) is 5.05. The molecule has 0 saturated heterocycles. The van der Waals surface area contributed by atoms with E-state index in [1.807, 2.05) is 25.5 Å². The largest absolute Gasteiger partial charge is 0.346 e. The summed E-state index contributed by atoms with van der Waals surface area (Å²) in [6.07, 6.45) is 5.97. The Labute approximate surface area is 187 Å². The summed E-state index contributed by atoms with van der Waals surface area (Å²) >= 11 is 0. The van der Waals surface area contributed by atoms with Crippen molar-refractivity contribution in [1.82, 2.24) is 19.8 Å². The van der Waals surface area contributed by atoms with Crippen molar-refractivity contribution in [2.45, 2.75) is 19.4 Å². The van der Waals surface area contributed by atoms with E-state index < -0.39 is 0 Å². The lowest BCUT2D eigenvalue weighted by atomic mass is 9.93. The first-order valence-electron chi connectivity index (χ1n) is 11.2. The quantitative estimate of drug-likeness (QED) is 0.517. The highest BCUT2D eigenvalue weighted by atomic mass is 16.2. The summed E-state index contributed by atoms with van der Waals surface area (Å²) < 4.78 is 0. The summed E-state index contributed by atoms with van der Waals surface area (Å²) in [5.74, 6) is 0.110. The van der Waals surface area contributed by atoms with Gasteiger partial charge in [-0.3, -0.25) is 4.79 Å². The molecule has 0 fully saturated rings. The van der Waals surface area contributed by atoms with Gasteiger partial charge in [0.2, 0.25) is 0 Å². The summed E-state index contributed by atoms with van der Waals surface area (Å²) in [6.45, 7) is 2.89. The van der Waals surface area contributed by atoms with Gasteiger partial charge in [0.05, 0.1) is 0 Å². The maximum Gasteiger partial charge on any atom is 0.253 e. The van der Waals surface area contributed by atoms with Crippen LogP contribution in [-0.4, -0.2) is 52.9 Å². The molecule has 2 aliphatic rings. The van der Waals surface area contributed by atoms with Crippen LogP contribution in [0.4, 0.5) is 0 Å². The van der Waals surface area contributed by atoms with Gasteiger partial charge in [-0.25, -0.2) is 4.98 Å². The van der Waals surface area contributed by atoms with Gasteiger partial charge in [-0.1, -0.05) is 30.3 Å². The highest BCUT2D eigenvalue weighted by Crippen LogP contribution is 2.34. The zero-order chi connectivity index (χ0) is 21.8. The van der Waals surface area contributed by atoms with Crippen LogP contribution in [0.3, 0.4) is 0 Å². The number of benzene rings is 2. The summed E-state index contributed by atoms with van der Waals surface area (Å²) in [5.41, 5.74) is 10.3. The Hall–Kier alpha value is -3.44. The first-order valence-corrected chi connectivity index (χ1v) is 11.2. The number of amides is 1. The topological polar surface area (TPSA) is 52.2 Å². The molecule has 1 amide bonds. The van der Waals surface area contributed by atoms with Crippen LogP contribution in [0.1, 0.15) is 27.0 Å². The molecule has 6 rings (SSSR count). The second-order valence-corrected chi connectivity index (χ2v) is 9.14. The van der Waals surface area contributed by atoms with Gasteiger partial charge < -0.3 is 14.8 Å². The molecular formula is C27H26N4O. The van der Waals surface area contributed by atoms with Gasteiger partial charge in [0.1, 0.15) is 5.65 Å². The number of pyridine rings is 1. The third-order valence-corrected chi connectivity index (χ3v) is 6.98. The zero-order valence-corrected chi connectivity index (χ0v) is 18.5. The number of rotatable bonds is 2. The molecule has 32 heavy (non-hydrogen) atoms. The summed E-state index contributed by atoms with van der Waals surface area (Å²) in [6, 6.07) is 15.3. The zero-order valence-electron chi connectivity index (χ0n) is 18.5. The van der Waals surface area contributed by atoms with Crippen molar-refractivity contribution in [3.8, 4) is 22.3 Å². The summed E-state index contributed by atoms with van der Waals surface area (Å²) in [7, 11) is 4.04. The second-order valence-electron chi connectivity index (χ2n) is 9.14. The standard InChI is InChI=1S/C27H26N4O/c1-30-9-7-18-11-17(3-4-21(18)16-30)22-13-24-25(15-29-26(24)28-14-22)19-5-6-23-20(12-19)8-10-31(2)27(23)32/h3-6,11-15H,7-10,16H2,1-2H3,(H,28,29). The van der Waals surface area contributed by atoms with Gasteiger partial charge in [0.25, 0.3) is 5.91 Å². The maximum absolute atomic E-state index is 12.5. The molecule has 4 heterocycles. The number of nitrogens with one attached hydrogen (secondary N) is 1. The van der Waals surface area contributed by atoms with E-state index in [4.69, 9.17) is 4.98 Å². The number of hydrogen-bond donors (Lipinski definition) is 1. The predicted molar refractivity (Wildman–Crippen MR) is 128 cm³/mol. The monoisotopic (exact) mass is 422 g/mol. The normalized spacial score (nSPS) is 16.3. The van der Waals surface area contributed by atoms with Crippen molar-refractivity contribution in [2.75, 3.05) is 27.2 Å². The van der Waals surface area contributed by atoms with Crippen LogP contribution < -0.4 is 0 Å². The molecule has 2 aromatic carbocycles. The molecule has 0 unspecified atom stereocenters. The van der Waals surface area contributed by atoms with Crippen molar-refractivity contribution in [2.24, 2.45) is 0 Å². The van der Waals surface area contributed by atoms with E-state index >= 15 is 0 Å². The van der Waals surface area contributed by atoms with E-state index in [1.54, 1.807) is 4.90 Å². The fraction of sp³-hybridized carbons (Fsp3) is 0.259. The van der Waals surface area contributed by atoms with E-state index in [-0.39, 0.29) is 5.91 Å². The minimum atomic E-state index is 0.110. The smallest absolute Gasteiger partial charge is 0.253 e. The van der Waals surface area contributed by atoms with Crippen LogP contribution in [0.15, 0.2) is 54.9 Å². The molecule has 0 atom stereocenters. The molecule has 0 saturated carbocycles. The molecule has 5 heteroatoms. The number of H-pyrrole nitrogens is 1. The summed E-state index contributed by atoms with van der Waals surface area (Å²) in [5, 5.41) is 1.11. The third kappa shape index (κ3) is 3.12. The Morgan fingerprint density at radius 3 is 2.56 bits per heavy atom. The van der Waals surface area contributed by atoms with Crippen LogP contribution in [-0.2, 0) is 19.4 Å². The van der Waals surface area contributed by atoms with Crippen molar-refractivity contribution in [3.05, 3.63) is 77.1 Å². The van der Waals surface area contributed by atoms with E-state index in [1.165, 1.54) is 16.7 Å². The van der Waals surface area contributed by atoms with E-state index in [9.17, 15) is 4.79 Å². The third-order valence-electron chi connectivity index (χ3n) is 6.98. The van der Waals surface area contributed by atoms with Crippen LogP contribution in [0.2, 0.25) is 0 Å². The molecule has 160 valence electrons. The number of fused-ring (bicyclic) bond motifs is 3. The molecule has 0 spiro atoms.